The summed E-state index contributed by atoms with van der Waals surface area (Å²) >= 11 is 0. The van der Waals surface area contributed by atoms with Gasteiger partial charge in [-0.1, -0.05) is 24.3 Å². The number of rotatable bonds is 4. The number of aldehydes is 2. The summed E-state index contributed by atoms with van der Waals surface area (Å²) in [5.74, 6) is 0. The molecule has 0 N–H and O–H groups in total. The quantitative estimate of drug-likeness (QED) is 0.289. The summed E-state index contributed by atoms with van der Waals surface area (Å²) in [5.41, 5.74) is 3.79. The summed E-state index contributed by atoms with van der Waals surface area (Å²) in [6.07, 6.45) is 9.27. The van der Waals surface area contributed by atoms with Crippen LogP contribution in [0, 0.1) is 0 Å². The number of nitrogens with zero attached hydrogens (tertiary/aromatic N) is 2. The maximum Gasteiger partial charge on any atom is 0.150 e. The largest absolute Gasteiger partial charge is 0.371 e. The van der Waals surface area contributed by atoms with Gasteiger partial charge in [-0.15, -0.1) is 0 Å². The third kappa shape index (κ3) is 2.89. The number of carbonyl (C=O) groups is 2. The highest BCUT2D eigenvalue weighted by atomic mass is 16.1. The van der Waals surface area contributed by atoms with Gasteiger partial charge in [-0.3, -0.25) is 9.59 Å². The van der Waals surface area contributed by atoms with Gasteiger partial charge in [0.25, 0.3) is 0 Å². The molecule has 4 aromatic carbocycles. The van der Waals surface area contributed by atoms with Crippen molar-refractivity contribution in [2.24, 2.45) is 0 Å². The van der Waals surface area contributed by atoms with E-state index in [9.17, 15) is 9.59 Å². The molecule has 0 bridgehead atoms. The molecule has 0 aliphatic carbocycles. The number of benzene rings is 4. The number of hydrogen-bond donors (Lipinski definition) is 0. The Morgan fingerprint density at radius 2 is 0.906 bits per heavy atom. The standard InChI is InChI=1S/C28H28N2O2/c31-17-19-15-25(29-11-3-1-4-12-29)23-9-10-24-26(30-13-5-2-6-14-30)16-20(18-32)22-8-7-21(19)27(23)28(22)24/h7-10,15-18H,1-6,11-14H2. The van der Waals surface area contributed by atoms with Crippen molar-refractivity contribution in [1.82, 2.24) is 0 Å². The fourth-order valence-electron chi connectivity index (χ4n) is 6.00. The first-order chi connectivity index (χ1) is 15.8. The lowest BCUT2D eigenvalue weighted by Crippen LogP contribution is -2.30. The van der Waals surface area contributed by atoms with Gasteiger partial charge in [0, 0.05) is 70.2 Å². The third-order valence-corrected chi connectivity index (χ3v) is 7.57. The van der Waals surface area contributed by atoms with Crippen molar-refractivity contribution >= 4 is 56.3 Å². The molecule has 0 atom stereocenters. The zero-order valence-corrected chi connectivity index (χ0v) is 18.4. The van der Waals surface area contributed by atoms with Gasteiger partial charge in [0.15, 0.2) is 12.6 Å². The Balaban J connectivity index is 1.72. The van der Waals surface area contributed by atoms with Gasteiger partial charge in [-0.05, 0) is 61.4 Å². The molecule has 0 aromatic heterocycles. The lowest BCUT2D eigenvalue weighted by atomic mass is 9.88. The molecule has 0 spiro atoms. The van der Waals surface area contributed by atoms with E-state index in [0.29, 0.717) is 0 Å². The fraction of sp³-hybridized carbons (Fsp3) is 0.357. The Bertz CT molecular complexity index is 1230. The first kappa shape index (κ1) is 19.5. The molecule has 0 saturated carbocycles. The zero-order chi connectivity index (χ0) is 21.7. The van der Waals surface area contributed by atoms with Gasteiger partial charge >= 0.3 is 0 Å². The molecule has 162 valence electrons. The summed E-state index contributed by atoms with van der Waals surface area (Å²) in [5, 5.41) is 6.62. The van der Waals surface area contributed by atoms with Crippen LogP contribution in [-0.2, 0) is 0 Å². The topological polar surface area (TPSA) is 40.6 Å². The average Bonchev–Trinajstić information content (AvgIpc) is 2.87. The molecule has 2 aliphatic rings. The van der Waals surface area contributed by atoms with E-state index >= 15 is 0 Å². The molecule has 32 heavy (non-hydrogen) atoms. The predicted octanol–water partition coefficient (Wildman–Crippen LogP) is 6.19. The summed E-state index contributed by atoms with van der Waals surface area (Å²) in [7, 11) is 0. The van der Waals surface area contributed by atoms with Gasteiger partial charge in [0.05, 0.1) is 0 Å². The van der Waals surface area contributed by atoms with Crippen LogP contribution in [-0.4, -0.2) is 38.8 Å². The van der Waals surface area contributed by atoms with Gasteiger partial charge < -0.3 is 9.80 Å². The van der Waals surface area contributed by atoms with Gasteiger partial charge in [-0.25, -0.2) is 0 Å². The van der Waals surface area contributed by atoms with Crippen LogP contribution in [0.1, 0.15) is 59.2 Å². The van der Waals surface area contributed by atoms with Crippen molar-refractivity contribution < 1.29 is 9.59 Å². The van der Waals surface area contributed by atoms with Crippen molar-refractivity contribution in [2.45, 2.75) is 38.5 Å². The van der Waals surface area contributed by atoms with Crippen LogP contribution in [0.4, 0.5) is 11.4 Å². The van der Waals surface area contributed by atoms with Crippen molar-refractivity contribution in [3.8, 4) is 0 Å². The second-order valence-electron chi connectivity index (χ2n) is 9.37. The lowest BCUT2D eigenvalue weighted by molar-refractivity contribution is 0.111. The van der Waals surface area contributed by atoms with E-state index in [1.165, 1.54) is 49.3 Å². The van der Waals surface area contributed by atoms with Crippen LogP contribution >= 0.6 is 0 Å². The van der Waals surface area contributed by atoms with Crippen LogP contribution in [0.5, 0.6) is 0 Å². The average molecular weight is 425 g/mol. The van der Waals surface area contributed by atoms with Crippen molar-refractivity contribution in [3.63, 3.8) is 0 Å². The molecular weight excluding hydrogens is 396 g/mol. The minimum atomic E-state index is 0.739. The SMILES string of the molecule is O=Cc1cc(N2CCCCC2)c2ccc3c(N4CCCCC4)cc(C=O)c4ccc1c2c43. The van der Waals surface area contributed by atoms with Crippen LogP contribution < -0.4 is 9.80 Å². The van der Waals surface area contributed by atoms with Crippen LogP contribution in [0.2, 0.25) is 0 Å². The highest BCUT2D eigenvalue weighted by Gasteiger charge is 2.23. The van der Waals surface area contributed by atoms with Gasteiger partial charge in [-0.2, -0.15) is 0 Å². The molecule has 4 heteroatoms. The molecule has 4 aromatic rings. The Labute approximate surface area is 188 Å². The highest BCUT2D eigenvalue weighted by molar-refractivity contribution is 6.31. The summed E-state index contributed by atoms with van der Waals surface area (Å²) < 4.78 is 0. The molecular formula is C28H28N2O2. The van der Waals surface area contributed by atoms with E-state index in [2.05, 4.69) is 34.1 Å². The Kier molecular flexibility index (Phi) is 4.74. The van der Waals surface area contributed by atoms with Crippen molar-refractivity contribution in [1.29, 1.82) is 0 Å². The smallest absolute Gasteiger partial charge is 0.150 e. The molecule has 0 unspecified atom stereocenters. The maximum atomic E-state index is 12.1. The van der Waals surface area contributed by atoms with Gasteiger partial charge in [0.1, 0.15) is 0 Å². The van der Waals surface area contributed by atoms with E-state index in [1.807, 2.05) is 12.1 Å². The minimum absolute atomic E-state index is 0.739. The molecule has 0 radical (unpaired) electrons. The molecule has 2 fully saturated rings. The van der Waals surface area contributed by atoms with Crippen LogP contribution in [0.3, 0.4) is 0 Å². The normalized spacial score (nSPS) is 17.5. The fourth-order valence-corrected chi connectivity index (χ4v) is 6.00. The second-order valence-corrected chi connectivity index (χ2v) is 9.37. The molecule has 2 heterocycles. The number of anilines is 2. The van der Waals surface area contributed by atoms with Crippen molar-refractivity contribution in [3.05, 3.63) is 47.5 Å². The highest BCUT2D eigenvalue weighted by Crippen LogP contribution is 2.44. The van der Waals surface area contributed by atoms with E-state index in [0.717, 1.165) is 82.8 Å². The Morgan fingerprint density at radius 3 is 1.28 bits per heavy atom. The van der Waals surface area contributed by atoms with E-state index in [1.54, 1.807) is 0 Å². The summed E-state index contributed by atoms with van der Waals surface area (Å²) in [4.78, 5) is 29.2. The van der Waals surface area contributed by atoms with Crippen molar-refractivity contribution in [2.75, 3.05) is 36.0 Å². The molecule has 6 rings (SSSR count). The van der Waals surface area contributed by atoms with Crippen LogP contribution in [0.25, 0.3) is 32.3 Å². The summed E-state index contributed by atoms with van der Waals surface area (Å²) in [6.45, 7) is 4.11. The van der Waals surface area contributed by atoms with E-state index in [-0.39, 0.29) is 0 Å². The number of carbonyl (C=O) groups excluding carboxylic acids is 2. The molecule has 0 amide bonds. The number of hydrogen-bond acceptors (Lipinski definition) is 4. The summed E-state index contributed by atoms with van der Waals surface area (Å²) in [6, 6.07) is 12.7. The molecule has 2 aliphatic heterocycles. The first-order valence-corrected chi connectivity index (χ1v) is 12.0. The zero-order valence-electron chi connectivity index (χ0n) is 18.4. The Hall–Kier alpha value is -3.14. The first-order valence-electron chi connectivity index (χ1n) is 12.0. The second kappa shape index (κ2) is 7.77. The van der Waals surface area contributed by atoms with Gasteiger partial charge in [0.2, 0.25) is 0 Å². The molecule has 2 saturated heterocycles. The number of piperidine rings is 2. The minimum Gasteiger partial charge on any atom is -0.371 e. The van der Waals surface area contributed by atoms with E-state index in [4.69, 9.17) is 0 Å². The Morgan fingerprint density at radius 1 is 0.531 bits per heavy atom. The molecule has 4 nitrogen and oxygen atoms in total. The van der Waals surface area contributed by atoms with E-state index < -0.39 is 0 Å². The predicted molar refractivity (Wildman–Crippen MR) is 133 cm³/mol. The monoisotopic (exact) mass is 424 g/mol. The van der Waals surface area contributed by atoms with Crippen LogP contribution in [0.15, 0.2) is 36.4 Å². The maximum absolute atomic E-state index is 12.1. The lowest BCUT2D eigenvalue weighted by Gasteiger charge is -2.32. The third-order valence-electron chi connectivity index (χ3n) is 7.57.